The first-order chi connectivity index (χ1) is 16.2. The number of carbonyl (C=O) groups excluding carboxylic acids is 1. The number of halogens is 2. The Bertz CT molecular complexity index is 1190. The van der Waals surface area contributed by atoms with Crippen LogP contribution in [-0.2, 0) is 22.5 Å². The SMILES string of the molecule is CCOC(=O)CCc1cn(Cc2ccc(Cl)cc2)c(Nc2ccc(OC(C)C)c(Cl)c2)nc1=O. The fourth-order valence-electron chi connectivity index (χ4n) is 3.24. The number of hydrogen-bond donors (Lipinski definition) is 1. The van der Waals surface area contributed by atoms with Crippen LogP contribution in [0.1, 0.15) is 38.3 Å². The van der Waals surface area contributed by atoms with Crippen molar-refractivity contribution in [3.05, 3.63) is 80.2 Å². The average molecular weight is 504 g/mol. The Morgan fingerprint density at radius 2 is 1.88 bits per heavy atom. The number of esters is 1. The Kier molecular flexibility index (Phi) is 8.96. The number of rotatable bonds is 10. The minimum absolute atomic E-state index is 0.00955. The summed E-state index contributed by atoms with van der Waals surface area (Å²) in [5, 5.41) is 4.25. The molecule has 0 aliphatic heterocycles. The van der Waals surface area contributed by atoms with Gasteiger partial charge in [0.25, 0.3) is 5.56 Å². The third kappa shape index (κ3) is 7.23. The van der Waals surface area contributed by atoms with E-state index in [1.807, 2.05) is 30.5 Å². The molecule has 0 fully saturated rings. The van der Waals surface area contributed by atoms with Crippen LogP contribution in [0.2, 0.25) is 10.0 Å². The topological polar surface area (TPSA) is 82.4 Å². The van der Waals surface area contributed by atoms with Crippen LogP contribution in [0.4, 0.5) is 11.6 Å². The van der Waals surface area contributed by atoms with Crippen LogP contribution in [0.25, 0.3) is 0 Å². The van der Waals surface area contributed by atoms with Gasteiger partial charge in [-0.15, -0.1) is 0 Å². The zero-order chi connectivity index (χ0) is 24.7. The number of benzene rings is 2. The number of anilines is 2. The van der Waals surface area contributed by atoms with E-state index in [1.54, 1.807) is 43.5 Å². The molecule has 1 aromatic heterocycles. The van der Waals surface area contributed by atoms with E-state index in [1.165, 1.54) is 0 Å². The van der Waals surface area contributed by atoms with Gasteiger partial charge in [0.2, 0.25) is 5.95 Å². The lowest BCUT2D eigenvalue weighted by Crippen LogP contribution is -2.22. The summed E-state index contributed by atoms with van der Waals surface area (Å²) in [5.74, 6) is 0.558. The minimum Gasteiger partial charge on any atom is -0.489 e. The average Bonchev–Trinajstić information content (AvgIpc) is 2.78. The van der Waals surface area contributed by atoms with E-state index in [2.05, 4.69) is 10.3 Å². The fraction of sp³-hybridized carbons (Fsp3) is 0.320. The Morgan fingerprint density at radius 3 is 2.53 bits per heavy atom. The third-order valence-electron chi connectivity index (χ3n) is 4.79. The van der Waals surface area contributed by atoms with Crippen LogP contribution < -0.4 is 15.6 Å². The first-order valence-corrected chi connectivity index (χ1v) is 11.7. The van der Waals surface area contributed by atoms with E-state index < -0.39 is 5.56 Å². The summed E-state index contributed by atoms with van der Waals surface area (Å²) in [4.78, 5) is 28.7. The maximum Gasteiger partial charge on any atom is 0.306 e. The van der Waals surface area contributed by atoms with E-state index in [4.69, 9.17) is 32.7 Å². The molecule has 3 rings (SSSR count). The van der Waals surface area contributed by atoms with E-state index in [-0.39, 0.29) is 24.9 Å². The van der Waals surface area contributed by atoms with Gasteiger partial charge < -0.3 is 19.4 Å². The largest absolute Gasteiger partial charge is 0.489 e. The van der Waals surface area contributed by atoms with Gasteiger partial charge in [-0.25, -0.2) is 0 Å². The Labute approximate surface area is 208 Å². The van der Waals surface area contributed by atoms with Crippen molar-refractivity contribution in [1.29, 1.82) is 0 Å². The van der Waals surface area contributed by atoms with Gasteiger partial charge in [0, 0.05) is 28.9 Å². The highest BCUT2D eigenvalue weighted by atomic mass is 35.5. The molecule has 0 spiro atoms. The molecule has 0 radical (unpaired) electrons. The molecule has 0 atom stereocenters. The molecule has 1 heterocycles. The maximum absolute atomic E-state index is 12.7. The van der Waals surface area contributed by atoms with Gasteiger partial charge in [-0.1, -0.05) is 35.3 Å². The molecule has 180 valence electrons. The summed E-state index contributed by atoms with van der Waals surface area (Å²) in [6, 6.07) is 12.7. The molecular weight excluding hydrogens is 477 g/mol. The van der Waals surface area contributed by atoms with Gasteiger partial charge >= 0.3 is 5.97 Å². The second-order valence-electron chi connectivity index (χ2n) is 7.89. The minimum atomic E-state index is -0.412. The van der Waals surface area contributed by atoms with Gasteiger partial charge in [-0.05, 0) is 63.1 Å². The monoisotopic (exact) mass is 503 g/mol. The van der Waals surface area contributed by atoms with Crippen molar-refractivity contribution in [1.82, 2.24) is 9.55 Å². The molecule has 9 heteroatoms. The lowest BCUT2D eigenvalue weighted by Gasteiger charge is -2.17. The van der Waals surface area contributed by atoms with Crippen LogP contribution in [0.3, 0.4) is 0 Å². The molecule has 0 amide bonds. The number of carbonyl (C=O) groups is 1. The molecule has 0 unspecified atom stereocenters. The second-order valence-corrected chi connectivity index (χ2v) is 8.73. The summed E-state index contributed by atoms with van der Waals surface area (Å²) in [6.07, 6.45) is 2.04. The smallest absolute Gasteiger partial charge is 0.306 e. The Morgan fingerprint density at radius 1 is 1.15 bits per heavy atom. The van der Waals surface area contributed by atoms with Crippen LogP contribution in [0, 0.1) is 0 Å². The normalized spacial score (nSPS) is 10.9. The predicted octanol–water partition coefficient (Wildman–Crippen LogP) is 5.62. The summed E-state index contributed by atoms with van der Waals surface area (Å²) in [5.41, 5.74) is 1.63. The van der Waals surface area contributed by atoms with E-state index in [9.17, 15) is 9.59 Å². The molecule has 0 bridgehead atoms. The van der Waals surface area contributed by atoms with Gasteiger partial charge in [0.1, 0.15) is 5.75 Å². The van der Waals surface area contributed by atoms with Crippen LogP contribution in [-0.4, -0.2) is 28.2 Å². The molecule has 34 heavy (non-hydrogen) atoms. The van der Waals surface area contributed by atoms with E-state index >= 15 is 0 Å². The number of nitrogens with one attached hydrogen (secondary N) is 1. The summed E-state index contributed by atoms with van der Waals surface area (Å²) in [6.45, 7) is 6.31. The first kappa shape index (κ1) is 25.6. The Hall–Kier alpha value is -3.03. The summed E-state index contributed by atoms with van der Waals surface area (Å²) in [7, 11) is 0. The van der Waals surface area contributed by atoms with Crippen molar-refractivity contribution < 1.29 is 14.3 Å². The van der Waals surface area contributed by atoms with E-state index in [0.29, 0.717) is 46.1 Å². The van der Waals surface area contributed by atoms with Crippen molar-refractivity contribution in [2.75, 3.05) is 11.9 Å². The Balaban J connectivity index is 1.91. The highest BCUT2D eigenvalue weighted by Gasteiger charge is 2.13. The number of aromatic nitrogens is 2. The maximum atomic E-state index is 12.7. The molecule has 3 aromatic rings. The van der Waals surface area contributed by atoms with Gasteiger partial charge in [-0.2, -0.15) is 4.98 Å². The zero-order valence-corrected chi connectivity index (χ0v) is 20.8. The van der Waals surface area contributed by atoms with Crippen LogP contribution >= 0.6 is 23.2 Å². The van der Waals surface area contributed by atoms with Crippen molar-refractivity contribution in [3.63, 3.8) is 0 Å². The van der Waals surface area contributed by atoms with Crippen molar-refractivity contribution in [3.8, 4) is 5.75 Å². The van der Waals surface area contributed by atoms with Gasteiger partial charge in [0.15, 0.2) is 0 Å². The quantitative estimate of drug-likeness (QED) is 0.361. The first-order valence-electron chi connectivity index (χ1n) is 11.0. The standard InChI is InChI=1S/C25H27Cl2N3O4/c1-4-33-23(31)12-7-18-15-30(14-17-5-8-19(26)9-6-17)25(29-24(18)32)28-20-10-11-22(21(27)13-20)34-16(2)3/h5-6,8-11,13,15-16H,4,7,12,14H2,1-3H3,(H,28,29,32). The molecule has 0 saturated heterocycles. The highest BCUT2D eigenvalue weighted by Crippen LogP contribution is 2.29. The van der Waals surface area contributed by atoms with E-state index in [0.717, 1.165) is 5.56 Å². The molecule has 1 N–H and O–H groups in total. The molecule has 0 saturated carbocycles. The molecule has 2 aromatic carbocycles. The molecular formula is C25H27Cl2N3O4. The lowest BCUT2D eigenvalue weighted by atomic mass is 10.2. The zero-order valence-electron chi connectivity index (χ0n) is 19.3. The number of ether oxygens (including phenoxy) is 2. The summed E-state index contributed by atoms with van der Waals surface area (Å²) < 4.78 is 12.5. The molecule has 0 aliphatic carbocycles. The highest BCUT2D eigenvalue weighted by molar-refractivity contribution is 6.32. The number of aryl methyl sites for hydroxylation is 1. The van der Waals surface area contributed by atoms with Crippen molar-refractivity contribution in [2.24, 2.45) is 0 Å². The molecule has 7 nitrogen and oxygen atoms in total. The van der Waals surface area contributed by atoms with Crippen molar-refractivity contribution >= 4 is 40.8 Å². The lowest BCUT2D eigenvalue weighted by molar-refractivity contribution is -0.143. The fourth-order valence-corrected chi connectivity index (χ4v) is 3.59. The van der Waals surface area contributed by atoms with Gasteiger partial charge in [0.05, 0.1) is 24.3 Å². The number of hydrogen-bond acceptors (Lipinski definition) is 6. The van der Waals surface area contributed by atoms with Gasteiger partial charge in [-0.3, -0.25) is 9.59 Å². The second kappa shape index (κ2) is 11.9. The van der Waals surface area contributed by atoms with Crippen LogP contribution in [0.5, 0.6) is 5.75 Å². The third-order valence-corrected chi connectivity index (χ3v) is 5.33. The van der Waals surface area contributed by atoms with Crippen molar-refractivity contribution in [2.45, 2.75) is 46.3 Å². The summed E-state index contributed by atoms with van der Waals surface area (Å²) >= 11 is 12.4. The number of nitrogens with zero attached hydrogens (tertiary/aromatic N) is 2. The predicted molar refractivity (Wildman–Crippen MR) is 135 cm³/mol. The van der Waals surface area contributed by atoms with Crippen LogP contribution in [0.15, 0.2) is 53.5 Å². The molecule has 0 aliphatic rings.